The van der Waals surface area contributed by atoms with Crippen LogP contribution in [-0.4, -0.2) is 19.5 Å². The first-order chi connectivity index (χ1) is 12.6. The van der Waals surface area contributed by atoms with E-state index >= 15 is 0 Å². The molecule has 0 aliphatic carbocycles. The maximum absolute atomic E-state index is 12.5. The predicted molar refractivity (Wildman–Crippen MR) is 105 cm³/mol. The number of nitrogens with one attached hydrogen (secondary N) is 2. The molecule has 3 heterocycles. The number of fused-ring (bicyclic) bond motifs is 2. The van der Waals surface area contributed by atoms with Crippen molar-refractivity contribution < 1.29 is 0 Å². The number of benzene rings is 1. The summed E-state index contributed by atoms with van der Waals surface area (Å²) >= 11 is 6.07. The van der Waals surface area contributed by atoms with Gasteiger partial charge in [0.15, 0.2) is 5.82 Å². The minimum absolute atomic E-state index is 0.133. The number of aromatic amines is 1. The molecule has 6 nitrogen and oxygen atoms in total. The molecule has 0 radical (unpaired) electrons. The van der Waals surface area contributed by atoms with Crippen LogP contribution in [0.5, 0.6) is 0 Å². The lowest BCUT2D eigenvalue weighted by Gasteiger charge is -2.15. The van der Waals surface area contributed by atoms with E-state index in [0.717, 1.165) is 28.5 Å². The number of halogens is 1. The van der Waals surface area contributed by atoms with E-state index in [1.54, 1.807) is 24.7 Å². The molecule has 26 heavy (non-hydrogen) atoms. The quantitative estimate of drug-likeness (QED) is 0.569. The molecule has 0 amide bonds. The van der Waals surface area contributed by atoms with Crippen LogP contribution < -0.4 is 10.9 Å². The number of hydrogen-bond acceptors (Lipinski definition) is 4. The number of H-pyrrole nitrogens is 1. The average Bonchev–Trinajstić information content (AvgIpc) is 3.05. The lowest BCUT2D eigenvalue weighted by molar-refractivity contribution is 0.787. The van der Waals surface area contributed by atoms with E-state index in [0.29, 0.717) is 16.4 Å². The molecule has 7 heteroatoms. The topological polar surface area (TPSA) is 75.6 Å². The molecule has 4 aromatic rings. The largest absolute Gasteiger partial charge is 0.361 e. The molecule has 2 N–H and O–H groups in total. The highest BCUT2D eigenvalue weighted by molar-refractivity contribution is 6.31. The highest BCUT2D eigenvalue weighted by Gasteiger charge is 2.15. The van der Waals surface area contributed by atoms with Crippen molar-refractivity contribution in [3.8, 4) is 0 Å². The summed E-state index contributed by atoms with van der Waals surface area (Å²) in [6.07, 6.45) is 3.54. The van der Waals surface area contributed by atoms with Crippen molar-refractivity contribution in [1.29, 1.82) is 0 Å². The number of rotatable bonds is 4. The third kappa shape index (κ3) is 2.82. The molecule has 1 atom stereocenters. The van der Waals surface area contributed by atoms with Crippen molar-refractivity contribution in [3.05, 3.63) is 63.8 Å². The average molecular weight is 368 g/mol. The van der Waals surface area contributed by atoms with Gasteiger partial charge >= 0.3 is 0 Å². The molecule has 4 rings (SSSR count). The fraction of sp³-hybridized carbons (Fsp3) is 0.211. The van der Waals surface area contributed by atoms with Crippen molar-refractivity contribution in [3.63, 3.8) is 0 Å². The maximum Gasteiger partial charge on any atom is 0.253 e. The van der Waals surface area contributed by atoms with Crippen LogP contribution in [0.3, 0.4) is 0 Å². The SMILES string of the molecule is CCn1cnc2c(NC(C)c3cc4cc(Cl)ccc4[nH]c3=O)nccc21. The van der Waals surface area contributed by atoms with Gasteiger partial charge in [-0.05, 0) is 44.2 Å². The lowest BCUT2D eigenvalue weighted by Crippen LogP contribution is -2.20. The molecular weight excluding hydrogens is 350 g/mol. The van der Waals surface area contributed by atoms with Gasteiger partial charge < -0.3 is 14.9 Å². The summed E-state index contributed by atoms with van der Waals surface area (Å²) < 4.78 is 2.05. The number of hydrogen-bond donors (Lipinski definition) is 2. The summed E-state index contributed by atoms with van der Waals surface area (Å²) in [5.74, 6) is 0.660. The molecular formula is C19H18ClN5O. The summed E-state index contributed by atoms with van der Waals surface area (Å²) in [6.45, 7) is 4.83. The number of pyridine rings is 2. The van der Waals surface area contributed by atoms with Crippen LogP contribution >= 0.6 is 11.6 Å². The van der Waals surface area contributed by atoms with Crippen LogP contribution in [0.15, 0.2) is 47.7 Å². The number of aryl methyl sites for hydroxylation is 1. The third-order valence-corrected chi connectivity index (χ3v) is 4.77. The van der Waals surface area contributed by atoms with Crippen LogP contribution in [0, 0.1) is 0 Å². The highest BCUT2D eigenvalue weighted by Crippen LogP contribution is 2.25. The van der Waals surface area contributed by atoms with Gasteiger partial charge in [0.1, 0.15) is 5.52 Å². The fourth-order valence-corrected chi connectivity index (χ4v) is 3.33. The molecule has 3 aromatic heterocycles. The second kappa shape index (κ2) is 6.46. The molecule has 1 unspecified atom stereocenters. The Kier molecular flexibility index (Phi) is 4.12. The Balaban J connectivity index is 1.74. The number of nitrogens with zero attached hydrogens (tertiary/aromatic N) is 3. The maximum atomic E-state index is 12.5. The Morgan fingerprint density at radius 1 is 1.27 bits per heavy atom. The van der Waals surface area contributed by atoms with E-state index in [9.17, 15) is 4.79 Å². The molecule has 132 valence electrons. The van der Waals surface area contributed by atoms with E-state index in [-0.39, 0.29) is 11.6 Å². The fourth-order valence-electron chi connectivity index (χ4n) is 3.15. The molecule has 0 bridgehead atoms. The van der Waals surface area contributed by atoms with Crippen molar-refractivity contribution in [1.82, 2.24) is 19.5 Å². The first kappa shape index (κ1) is 16.6. The van der Waals surface area contributed by atoms with Gasteiger partial charge in [-0.15, -0.1) is 0 Å². The standard InChI is InChI=1S/C19H18ClN5O/c1-3-25-10-22-17-16(25)6-7-21-18(17)23-11(2)14-9-12-8-13(20)4-5-15(12)24-19(14)26/h4-11H,3H2,1-2H3,(H,21,23)(H,24,26). The van der Waals surface area contributed by atoms with Gasteiger partial charge in [0.25, 0.3) is 5.56 Å². The third-order valence-electron chi connectivity index (χ3n) is 4.53. The van der Waals surface area contributed by atoms with Crippen molar-refractivity contribution in [2.24, 2.45) is 0 Å². The second-order valence-electron chi connectivity index (χ2n) is 6.21. The normalized spacial score (nSPS) is 12.6. The van der Waals surface area contributed by atoms with E-state index in [1.807, 2.05) is 25.1 Å². The van der Waals surface area contributed by atoms with Crippen LogP contribution in [-0.2, 0) is 6.54 Å². The van der Waals surface area contributed by atoms with Crippen LogP contribution in [0.1, 0.15) is 25.5 Å². The first-order valence-electron chi connectivity index (χ1n) is 8.45. The summed E-state index contributed by atoms with van der Waals surface area (Å²) in [6, 6.07) is 8.96. The summed E-state index contributed by atoms with van der Waals surface area (Å²) in [5.41, 5.74) is 3.05. The molecule has 1 aromatic carbocycles. The van der Waals surface area contributed by atoms with Gasteiger partial charge in [-0.2, -0.15) is 0 Å². The molecule has 0 spiro atoms. The van der Waals surface area contributed by atoms with Gasteiger partial charge in [-0.3, -0.25) is 4.79 Å². The summed E-state index contributed by atoms with van der Waals surface area (Å²) in [5, 5.41) is 4.84. The van der Waals surface area contributed by atoms with Gasteiger partial charge in [-0.1, -0.05) is 11.6 Å². The first-order valence-corrected chi connectivity index (χ1v) is 8.83. The van der Waals surface area contributed by atoms with Gasteiger partial charge in [0.05, 0.1) is 17.9 Å². The molecule has 0 aliphatic rings. The van der Waals surface area contributed by atoms with Crippen LogP contribution in [0.25, 0.3) is 21.9 Å². The van der Waals surface area contributed by atoms with Crippen molar-refractivity contribution in [2.75, 3.05) is 5.32 Å². The zero-order chi connectivity index (χ0) is 18.3. The summed E-state index contributed by atoms with van der Waals surface area (Å²) in [7, 11) is 0. The Labute approximate surface area is 154 Å². The minimum atomic E-state index is -0.244. The minimum Gasteiger partial charge on any atom is -0.361 e. The Hall–Kier alpha value is -2.86. The lowest BCUT2D eigenvalue weighted by atomic mass is 10.1. The molecule has 0 saturated heterocycles. The molecule has 0 saturated carbocycles. The predicted octanol–water partition coefficient (Wildman–Crippen LogP) is 4.12. The summed E-state index contributed by atoms with van der Waals surface area (Å²) in [4.78, 5) is 24.3. The Bertz CT molecular complexity index is 1160. The van der Waals surface area contributed by atoms with E-state index < -0.39 is 0 Å². The zero-order valence-corrected chi connectivity index (χ0v) is 15.2. The van der Waals surface area contributed by atoms with Crippen molar-refractivity contribution in [2.45, 2.75) is 26.4 Å². The van der Waals surface area contributed by atoms with Gasteiger partial charge in [0, 0.05) is 34.2 Å². The van der Waals surface area contributed by atoms with E-state index in [2.05, 4.69) is 31.8 Å². The molecule has 0 fully saturated rings. The Morgan fingerprint density at radius 2 is 2.12 bits per heavy atom. The highest BCUT2D eigenvalue weighted by atomic mass is 35.5. The van der Waals surface area contributed by atoms with Crippen LogP contribution in [0.4, 0.5) is 5.82 Å². The monoisotopic (exact) mass is 367 g/mol. The zero-order valence-electron chi connectivity index (χ0n) is 14.5. The van der Waals surface area contributed by atoms with Gasteiger partial charge in [0.2, 0.25) is 0 Å². The smallest absolute Gasteiger partial charge is 0.253 e. The number of imidazole rings is 1. The molecule has 0 aliphatic heterocycles. The van der Waals surface area contributed by atoms with Gasteiger partial charge in [-0.25, -0.2) is 9.97 Å². The van der Waals surface area contributed by atoms with E-state index in [4.69, 9.17) is 11.6 Å². The number of aromatic nitrogens is 4. The number of anilines is 1. The van der Waals surface area contributed by atoms with E-state index in [1.165, 1.54) is 0 Å². The van der Waals surface area contributed by atoms with Crippen LogP contribution in [0.2, 0.25) is 5.02 Å². The second-order valence-corrected chi connectivity index (χ2v) is 6.65. The Morgan fingerprint density at radius 3 is 2.92 bits per heavy atom. The van der Waals surface area contributed by atoms with Crippen molar-refractivity contribution >= 4 is 39.4 Å².